The first kappa shape index (κ1) is 19.3. The molecular formula is C19H34N6O. The van der Waals surface area contributed by atoms with Gasteiger partial charge in [0.25, 0.3) is 5.91 Å². The fourth-order valence-electron chi connectivity index (χ4n) is 4.08. The summed E-state index contributed by atoms with van der Waals surface area (Å²) in [7, 11) is 0. The Morgan fingerprint density at radius 2 is 2.12 bits per heavy atom. The highest BCUT2D eigenvalue weighted by atomic mass is 16.2. The number of aromatic nitrogens is 3. The molecule has 3 heterocycles. The summed E-state index contributed by atoms with van der Waals surface area (Å²) in [5.74, 6) is 0.658. The third kappa shape index (κ3) is 4.62. The van der Waals surface area contributed by atoms with Crippen LogP contribution in [0, 0.1) is 5.92 Å². The standard InChI is InChI=1S/C19H34N6O/c1-4-15-6-5-11-24(12-15)19(2,3)14-21-18(26)17-13-25(23-22-17)16-7-9-20-10-8-16/h13,15-16,20H,4-12,14H2,1-3H3,(H,21,26). The zero-order valence-corrected chi connectivity index (χ0v) is 16.5. The fourth-order valence-corrected chi connectivity index (χ4v) is 4.08. The highest BCUT2D eigenvalue weighted by Gasteiger charge is 2.31. The van der Waals surface area contributed by atoms with Crippen LogP contribution >= 0.6 is 0 Å². The van der Waals surface area contributed by atoms with E-state index in [2.05, 4.69) is 46.6 Å². The van der Waals surface area contributed by atoms with Gasteiger partial charge < -0.3 is 10.6 Å². The van der Waals surface area contributed by atoms with E-state index in [9.17, 15) is 4.79 Å². The Bertz CT molecular complexity index is 593. The van der Waals surface area contributed by atoms with Gasteiger partial charge in [-0.05, 0) is 65.1 Å². The molecule has 0 aromatic carbocycles. The highest BCUT2D eigenvalue weighted by Crippen LogP contribution is 2.25. The SMILES string of the molecule is CCC1CCCN(C(C)(C)CNC(=O)c2cn(C3CCNCC3)nn2)C1. The molecule has 2 aliphatic heterocycles. The summed E-state index contributed by atoms with van der Waals surface area (Å²) in [5, 5.41) is 14.7. The van der Waals surface area contributed by atoms with E-state index < -0.39 is 0 Å². The fraction of sp³-hybridized carbons (Fsp3) is 0.842. The first-order valence-corrected chi connectivity index (χ1v) is 10.2. The number of rotatable bonds is 6. The van der Waals surface area contributed by atoms with E-state index in [0.29, 0.717) is 18.3 Å². The van der Waals surface area contributed by atoms with Gasteiger partial charge in [0.15, 0.2) is 5.69 Å². The maximum atomic E-state index is 12.5. The number of hydrogen-bond acceptors (Lipinski definition) is 5. The smallest absolute Gasteiger partial charge is 0.273 e. The van der Waals surface area contributed by atoms with E-state index in [4.69, 9.17) is 0 Å². The van der Waals surface area contributed by atoms with Crippen molar-refractivity contribution >= 4 is 5.91 Å². The predicted octanol–water partition coefficient (Wildman–Crippen LogP) is 1.83. The van der Waals surface area contributed by atoms with Gasteiger partial charge in [0, 0.05) is 18.6 Å². The summed E-state index contributed by atoms with van der Waals surface area (Å²) >= 11 is 0. The van der Waals surface area contributed by atoms with Crippen molar-refractivity contribution in [3.63, 3.8) is 0 Å². The number of nitrogens with one attached hydrogen (secondary N) is 2. The Balaban J connectivity index is 1.53. The van der Waals surface area contributed by atoms with Gasteiger partial charge in [-0.2, -0.15) is 0 Å². The summed E-state index contributed by atoms with van der Waals surface area (Å²) < 4.78 is 1.86. The Morgan fingerprint density at radius 3 is 2.85 bits per heavy atom. The van der Waals surface area contributed by atoms with Crippen molar-refractivity contribution < 1.29 is 4.79 Å². The summed E-state index contributed by atoms with van der Waals surface area (Å²) in [4.78, 5) is 15.1. The molecule has 0 aliphatic carbocycles. The van der Waals surface area contributed by atoms with Crippen LogP contribution in [0.5, 0.6) is 0 Å². The summed E-state index contributed by atoms with van der Waals surface area (Å²) in [6, 6.07) is 0.348. The highest BCUT2D eigenvalue weighted by molar-refractivity contribution is 5.91. The molecule has 7 heteroatoms. The normalized spacial score (nSPS) is 23.1. The van der Waals surface area contributed by atoms with Crippen molar-refractivity contribution in [1.82, 2.24) is 30.5 Å². The molecule has 2 N–H and O–H groups in total. The van der Waals surface area contributed by atoms with Crippen LogP contribution < -0.4 is 10.6 Å². The number of amides is 1. The average molecular weight is 363 g/mol. The maximum Gasteiger partial charge on any atom is 0.273 e. The van der Waals surface area contributed by atoms with E-state index in [0.717, 1.165) is 44.9 Å². The third-order valence-electron chi connectivity index (χ3n) is 6.06. The molecule has 7 nitrogen and oxygen atoms in total. The lowest BCUT2D eigenvalue weighted by Gasteiger charge is -2.43. The summed E-state index contributed by atoms with van der Waals surface area (Å²) in [6.45, 7) is 11.6. The van der Waals surface area contributed by atoms with Crippen molar-refractivity contribution in [1.29, 1.82) is 0 Å². The molecule has 2 saturated heterocycles. The first-order valence-electron chi connectivity index (χ1n) is 10.2. The Morgan fingerprint density at radius 1 is 1.35 bits per heavy atom. The molecule has 3 rings (SSSR count). The van der Waals surface area contributed by atoms with Crippen molar-refractivity contribution in [3.05, 3.63) is 11.9 Å². The number of nitrogens with zero attached hydrogens (tertiary/aromatic N) is 4. The van der Waals surface area contributed by atoms with Crippen LogP contribution in [0.4, 0.5) is 0 Å². The zero-order chi connectivity index (χ0) is 18.6. The van der Waals surface area contributed by atoms with E-state index in [1.165, 1.54) is 19.3 Å². The number of hydrogen-bond donors (Lipinski definition) is 2. The Hall–Kier alpha value is -1.47. The molecule has 2 aliphatic rings. The van der Waals surface area contributed by atoms with Crippen LogP contribution in [-0.2, 0) is 0 Å². The topological polar surface area (TPSA) is 75.1 Å². The molecular weight excluding hydrogens is 328 g/mol. The quantitative estimate of drug-likeness (QED) is 0.808. The number of carbonyl (C=O) groups excluding carboxylic acids is 1. The predicted molar refractivity (Wildman–Crippen MR) is 102 cm³/mol. The Labute approximate surface area is 156 Å². The van der Waals surface area contributed by atoms with Gasteiger partial charge in [0.1, 0.15) is 0 Å². The zero-order valence-electron chi connectivity index (χ0n) is 16.5. The van der Waals surface area contributed by atoms with Crippen LogP contribution in [0.1, 0.15) is 69.4 Å². The van der Waals surface area contributed by atoms with E-state index in [-0.39, 0.29) is 11.4 Å². The lowest BCUT2D eigenvalue weighted by atomic mass is 9.91. The van der Waals surface area contributed by atoms with Gasteiger partial charge in [-0.1, -0.05) is 18.6 Å². The molecule has 0 spiro atoms. The summed E-state index contributed by atoms with van der Waals surface area (Å²) in [6.07, 6.45) is 7.68. The molecule has 146 valence electrons. The molecule has 0 radical (unpaired) electrons. The molecule has 1 aromatic rings. The van der Waals surface area contributed by atoms with Gasteiger partial charge in [-0.3, -0.25) is 9.69 Å². The maximum absolute atomic E-state index is 12.5. The van der Waals surface area contributed by atoms with Gasteiger partial charge in [-0.15, -0.1) is 5.10 Å². The van der Waals surface area contributed by atoms with Gasteiger partial charge in [0.2, 0.25) is 0 Å². The second kappa shape index (κ2) is 8.48. The molecule has 1 unspecified atom stereocenters. The molecule has 1 aromatic heterocycles. The van der Waals surface area contributed by atoms with Crippen molar-refractivity contribution in [2.24, 2.45) is 5.92 Å². The van der Waals surface area contributed by atoms with Crippen LogP contribution in [0.3, 0.4) is 0 Å². The molecule has 0 saturated carbocycles. The second-order valence-corrected chi connectivity index (χ2v) is 8.42. The lowest BCUT2D eigenvalue weighted by molar-refractivity contribution is 0.0611. The monoisotopic (exact) mass is 362 g/mol. The van der Waals surface area contributed by atoms with Crippen LogP contribution in [-0.4, -0.2) is 64.1 Å². The van der Waals surface area contributed by atoms with Crippen molar-refractivity contribution in [2.45, 2.75) is 64.5 Å². The first-order chi connectivity index (χ1) is 12.5. The molecule has 1 amide bonds. The second-order valence-electron chi connectivity index (χ2n) is 8.42. The molecule has 0 bridgehead atoms. The van der Waals surface area contributed by atoms with Crippen LogP contribution in [0.25, 0.3) is 0 Å². The van der Waals surface area contributed by atoms with Gasteiger partial charge in [0.05, 0.1) is 12.2 Å². The van der Waals surface area contributed by atoms with Gasteiger partial charge >= 0.3 is 0 Å². The minimum absolute atomic E-state index is 0.0471. The van der Waals surface area contributed by atoms with Crippen molar-refractivity contribution in [2.75, 3.05) is 32.7 Å². The number of piperidine rings is 2. The van der Waals surface area contributed by atoms with Crippen LogP contribution in [0.2, 0.25) is 0 Å². The minimum Gasteiger partial charge on any atom is -0.349 e. The largest absolute Gasteiger partial charge is 0.349 e. The van der Waals surface area contributed by atoms with Crippen molar-refractivity contribution in [3.8, 4) is 0 Å². The number of likely N-dealkylation sites (tertiary alicyclic amines) is 1. The summed E-state index contributed by atoms with van der Waals surface area (Å²) in [5.41, 5.74) is 0.374. The molecule has 2 fully saturated rings. The van der Waals surface area contributed by atoms with E-state index >= 15 is 0 Å². The lowest BCUT2D eigenvalue weighted by Crippen LogP contribution is -2.54. The number of carbonyl (C=O) groups is 1. The molecule has 26 heavy (non-hydrogen) atoms. The third-order valence-corrected chi connectivity index (χ3v) is 6.06. The Kier molecular flexibility index (Phi) is 6.29. The van der Waals surface area contributed by atoms with E-state index in [1.807, 2.05) is 4.68 Å². The van der Waals surface area contributed by atoms with E-state index in [1.54, 1.807) is 6.20 Å². The average Bonchev–Trinajstić information content (AvgIpc) is 3.17. The van der Waals surface area contributed by atoms with Gasteiger partial charge in [-0.25, -0.2) is 4.68 Å². The minimum atomic E-state index is -0.123. The molecule has 1 atom stereocenters. The van der Waals surface area contributed by atoms with Crippen LogP contribution in [0.15, 0.2) is 6.20 Å².